The molecule has 0 saturated heterocycles. The van der Waals surface area contributed by atoms with Crippen LogP contribution in [0.3, 0.4) is 0 Å². The Bertz CT molecular complexity index is 1500. The Morgan fingerprint density at radius 1 is 0.389 bits per heavy atom. The predicted octanol–water partition coefficient (Wildman–Crippen LogP) is 7.14. The second-order valence-corrected chi connectivity index (χ2v) is 9.35. The zero-order valence-electron chi connectivity index (χ0n) is 17.1. The van der Waals surface area contributed by atoms with Crippen LogP contribution in [0.5, 0.6) is 0 Å². The van der Waals surface area contributed by atoms with Crippen molar-refractivity contribution in [1.29, 1.82) is 0 Å². The first-order chi connectivity index (χ1) is 16.9. The van der Waals surface area contributed by atoms with Crippen molar-refractivity contribution in [2.24, 2.45) is 0 Å². The maximum Gasteiger partial charge on any atom is 0.200 e. The van der Waals surface area contributed by atoms with E-state index in [1.54, 1.807) is 0 Å². The van der Waals surface area contributed by atoms with E-state index in [4.69, 9.17) is 0 Å². The van der Waals surface area contributed by atoms with Crippen molar-refractivity contribution in [3.63, 3.8) is 0 Å². The minimum atomic E-state index is -3.49. The van der Waals surface area contributed by atoms with Crippen molar-refractivity contribution < 1.29 is 52.7 Å². The van der Waals surface area contributed by atoms with Crippen LogP contribution in [0.25, 0.3) is 10.8 Å². The molecule has 4 aromatic rings. The lowest BCUT2D eigenvalue weighted by molar-refractivity contribution is 0.384. The summed E-state index contributed by atoms with van der Waals surface area (Å²) in [5.41, 5.74) is -0.00620. The minimum Gasteiger partial charge on any atom is -0.203 e. The molecule has 188 valence electrons. The standard InChI is InChI=1S/C23H7F12P/c24-10-8-9(12(26)14(28)13(10)27)22(19(33)15(29)11(8)25)36(6-7-4-2-1-3-5-7)23-20(34)17(31)16(30)18(32)21(23)35/h1-5H,6H2. The molecule has 36 heavy (non-hydrogen) atoms. The molecule has 0 radical (unpaired) electrons. The summed E-state index contributed by atoms with van der Waals surface area (Å²) in [4.78, 5) is 0. The van der Waals surface area contributed by atoms with Crippen LogP contribution >= 0.6 is 7.92 Å². The van der Waals surface area contributed by atoms with Crippen LogP contribution in [0.4, 0.5) is 52.7 Å². The van der Waals surface area contributed by atoms with E-state index in [2.05, 4.69) is 0 Å². The SMILES string of the molecule is Fc1c(F)c(F)c(P(Cc2ccccc2)c2c(F)c(F)c(F)c3c(F)c(F)c(F)c(F)c23)c(F)c1F. The van der Waals surface area contributed by atoms with Gasteiger partial charge in [0.1, 0.15) is 0 Å². The number of hydrogen-bond donors (Lipinski definition) is 0. The summed E-state index contributed by atoms with van der Waals surface area (Å²) in [6, 6.07) is 6.54. The van der Waals surface area contributed by atoms with Gasteiger partial charge in [0.2, 0.25) is 5.82 Å². The zero-order chi connectivity index (χ0) is 26.6. The summed E-state index contributed by atoms with van der Waals surface area (Å²) in [6.45, 7) is 0. The van der Waals surface area contributed by atoms with Gasteiger partial charge in [-0.2, -0.15) is 0 Å². The molecule has 0 N–H and O–H groups in total. The average Bonchev–Trinajstić information content (AvgIpc) is 2.87. The number of benzene rings is 4. The molecule has 0 amide bonds. The maximum absolute atomic E-state index is 15.1. The summed E-state index contributed by atoms with van der Waals surface area (Å²) in [5, 5.41) is -7.15. The Kier molecular flexibility index (Phi) is 6.68. The van der Waals surface area contributed by atoms with Gasteiger partial charge in [0.15, 0.2) is 64.0 Å². The predicted molar refractivity (Wildman–Crippen MR) is 106 cm³/mol. The van der Waals surface area contributed by atoms with E-state index in [1.807, 2.05) is 0 Å². The highest BCUT2D eigenvalue weighted by Gasteiger charge is 2.38. The third kappa shape index (κ3) is 3.78. The van der Waals surface area contributed by atoms with E-state index in [-0.39, 0.29) is 5.56 Å². The molecule has 0 aromatic heterocycles. The van der Waals surface area contributed by atoms with Gasteiger partial charge in [0, 0.05) is 16.9 Å². The van der Waals surface area contributed by atoms with Crippen molar-refractivity contribution in [1.82, 2.24) is 0 Å². The Balaban J connectivity index is 2.23. The summed E-state index contributed by atoms with van der Waals surface area (Å²) >= 11 is 0. The molecule has 0 aliphatic rings. The lowest BCUT2D eigenvalue weighted by atomic mass is 10.1. The average molecular weight is 542 g/mol. The Morgan fingerprint density at radius 3 is 1.25 bits per heavy atom. The zero-order valence-corrected chi connectivity index (χ0v) is 18.0. The van der Waals surface area contributed by atoms with Gasteiger partial charge < -0.3 is 0 Å². The maximum atomic E-state index is 15.1. The lowest BCUT2D eigenvalue weighted by Crippen LogP contribution is -2.28. The fourth-order valence-electron chi connectivity index (χ4n) is 3.60. The molecular formula is C23H7F12P. The second kappa shape index (κ2) is 9.31. The van der Waals surface area contributed by atoms with Gasteiger partial charge in [-0.1, -0.05) is 30.3 Å². The van der Waals surface area contributed by atoms with Crippen molar-refractivity contribution in [2.45, 2.75) is 6.16 Å². The summed E-state index contributed by atoms with van der Waals surface area (Å²) in [7, 11) is -3.49. The smallest absolute Gasteiger partial charge is 0.200 e. The monoisotopic (exact) mass is 542 g/mol. The van der Waals surface area contributed by atoms with Crippen molar-refractivity contribution in [2.75, 3.05) is 0 Å². The van der Waals surface area contributed by atoms with Crippen LogP contribution < -0.4 is 10.6 Å². The van der Waals surface area contributed by atoms with Crippen LogP contribution in [0.15, 0.2) is 30.3 Å². The van der Waals surface area contributed by atoms with E-state index < -0.39 is 105 Å². The number of hydrogen-bond acceptors (Lipinski definition) is 0. The quantitative estimate of drug-likeness (QED) is 0.111. The summed E-state index contributed by atoms with van der Waals surface area (Å²) < 4.78 is 172. The minimum absolute atomic E-state index is 0.00620. The van der Waals surface area contributed by atoms with E-state index in [0.29, 0.717) is 0 Å². The third-order valence-electron chi connectivity index (χ3n) is 5.23. The molecule has 0 bridgehead atoms. The van der Waals surface area contributed by atoms with E-state index in [9.17, 15) is 48.3 Å². The van der Waals surface area contributed by atoms with E-state index in [0.717, 1.165) is 0 Å². The van der Waals surface area contributed by atoms with Gasteiger partial charge in [0.25, 0.3) is 0 Å². The molecule has 0 heterocycles. The van der Waals surface area contributed by atoms with Gasteiger partial charge in [-0.15, -0.1) is 0 Å². The molecule has 0 aliphatic carbocycles. The first-order valence-corrected chi connectivity index (χ1v) is 11.1. The van der Waals surface area contributed by atoms with Crippen molar-refractivity contribution >= 4 is 29.3 Å². The van der Waals surface area contributed by atoms with E-state index >= 15 is 4.39 Å². The molecule has 0 nitrogen and oxygen atoms in total. The molecule has 4 rings (SSSR count). The van der Waals surface area contributed by atoms with Gasteiger partial charge in [-0.05, 0) is 13.5 Å². The Hall–Kier alpha value is -3.27. The highest BCUT2D eigenvalue weighted by molar-refractivity contribution is 7.72. The Labute approximate surface area is 194 Å². The van der Waals surface area contributed by atoms with Gasteiger partial charge in [-0.3, -0.25) is 0 Å². The van der Waals surface area contributed by atoms with Gasteiger partial charge in [-0.25, -0.2) is 52.7 Å². The van der Waals surface area contributed by atoms with Crippen LogP contribution in [-0.2, 0) is 6.16 Å². The van der Waals surface area contributed by atoms with Crippen LogP contribution in [0.2, 0.25) is 0 Å². The molecule has 0 fully saturated rings. The summed E-state index contributed by atoms with van der Waals surface area (Å²) in [6.07, 6.45) is -0.897. The number of rotatable bonds is 4. The number of fused-ring (bicyclic) bond motifs is 1. The van der Waals surface area contributed by atoms with Gasteiger partial charge in [0.05, 0.1) is 10.7 Å². The van der Waals surface area contributed by atoms with E-state index in [1.165, 1.54) is 30.3 Å². The first-order valence-electron chi connectivity index (χ1n) is 9.55. The second-order valence-electron chi connectivity index (χ2n) is 7.29. The van der Waals surface area contributed by atoms with Crippen molar-refractivity contribution in [3.8, 4) is 0 Å². The molecule has 0 saturated carbocycles. The highest BCUT2D eigenvalue weighted by Crippen LogP contribution is 2.46. The normalized spacial score (nSPS) is 12.4. The van der Waals surface area contributed by atoms with Crippen LogP contribution in [0, 0.1) is 69.8 Å². The molecule has 0 spiro atoms. The first kappa shape index (κ1) is 25.8. The molecular weight excluding hydrogens is 535 g/mol. The van der Waals surface area contributed by atoms with Crippen molar-refractivity contribution in [3.05, 3.63) is 106 Å². The fourth-order valence-corrected chi connectivity index (χ4v) is 6.20. The lowest BCUT2D eigenvalue weighted by Gasteiger charge is -2.24. The molecule has 0 aliphatic heterocycles. The van der Waals surface area contributed by atoms with Gasteiger partial charge >= 0.3 is 0 Å². The van der Waals surface area contributed by atoms with Crippen LogP contribution in [-0.4, -0.2) is 0 Å². The fraction of sp³-hybridized carbons (Fsp3) is 0.0435. The molecule has 13 heteroatoms. The largest absolute Gasteiger partial charge is 0.203 e. The van der Waals surface area contributed by atoms with Crippen LogP contribution in [0.1, 0.15) is 5.56 Å². The summed E-state index contributed by atoms with van der Waals surface area (Å²) in [5.74, 6) is -30.3. The third-order valence-corrected chi connectivity index (χ3v) is 7.80. The topological polar surface area (TPSA) is 0 Å². The highest BCUT2D eigenvalue weighted by atomic mass is 31.1. The number of halogens is 12. The molecule has 1 atom stereocenters. The molecule has 4 aromatic carbocycles. The molecule has 1 unspecified atom stereocenters. The Morgan fingerprint density at radius 2 is 0.750 bits per heavy atom.